The molecule has 0 heterocycles. The topological polar surface area (TPSA) is 29.5 Å². The molecule has 2 rings (SSSR count). The molecule has 0 bridgehead atoms. The zero-order chi connectivity index (χ0) is 17.1. The van der Waals surface area contributed by atoms with Crippen LogP contribution in [0, 0.1) is 18.8 Å². The van der Waals surface area contributed by atoms with E-state index in [4.69, 9.17) is 4.74 Å². The summed E-state index contributed by atoms with van der Waals surface area (Å²) in [7, 11) is 1.40. The highest BCUT2D eigenvalue weighted by Crippen LogP contribution is 2.39. The molecule has 2 aromatic carbocycles. The second kappa shape index (κ2) is 6.35. The SMILES string of the molecule is COc1ccc(C(O)(C#Cc2ccc(C)cc2)C(F)(F)F)cc1. The number of rotatable bonds is 2. The normalized spacial score (nSPS) is 13.7. The maximum atomic E-state index is 13.4. The largest absolute Gasteiger partial charge is 0.497 e. The van der Waals surface area contributed by atoms with Gasteiger partial charge in [0, 0.05) is 11.1 Å². The Balaban J connectivity index is 2.46. The molecule has 0 radical (unpaired) electrons. The molecule has 2 aromatic rings. The van der Waals surface area contributed by atoms with Crippen molar-refractivity contribution in [1.29, 1.82) is 0 Å². The molecule has 0 aliphatic rings. The molecule has 1 unspecified atom stereocenters. The molecule has 120 valence electrons. The first kappa shape index (κ1) is 16.9. The molecule has 1 N–H and O–H groups in total. The molecule has 0 fully saturated rings. The maximum Gasteiger partial charge on any atom is 0.433 e. The fraction of sp³-hybridized carbons (Fsp3) is 0.222. The summed E-state index contributed by atoms with van der Waals surface area (Å²) < 4.78 is 45.0. The third kappa shape index (κ3) is 3.66. The number of methoxy groups -OCH3 is 1. The van der Waals surface area contributed by atoms with E-state index in [1.807, 2.05) is 12.8 Å². The van der Waals surface area contributed by atoms with Crippen LogP contribution >= 0.6 is 0 Å². The lowest BCUT2D eigenvalue weighted by molar-refractivity contribution is -0.240. The van der Waals surface area contributed by atoms with Gasteiger partial charge in [0.15, 0.2) is 0 Å². The summed E-state index contributed by atoms with van der Waals surface area (Å²) in [5.74, 6) is 4.75. The van der Waals surface area contributed by atoms with Crippen LogP contribution in [0.3, 0.4) is 0 Å². The van der Waals surface area contributed by atoms with Gasteiger partial charge in [-0.2, -0.15) is 13.2 Å². The Morgan fingerprint density at radius 2 is 1.52 bits per heavy atom. The Hall–Kier alpha value is -2.45. The Labute approximate surface area is 132 Å². The van der Waals surface area contributed by atoms with Gasteiger partial charge in [0.1, 0.15) is 5.75 Å². The number of hydrogen-bond donors (Lipinski definition) is 1. The summed E-state index contributed by atoms with van der Waals surface area (Å²) in [6.07, 6.45) is -4.93. The highest BCUT2D eigenvalue weighted by atomic mass is 19.4. The average molecular weight is 320 g/mol. The minimum absolute atomic E-state index is 0.356. The molecule has 1 atom stereocenters. The van der Waals surface area contributed by atoms with Gasteiger partial charge in [-0.05, 0) is 37.1 Å². The minimum Gasteiger partial charge on any atom is -0.497 e. The molecule has 0 saturated heterocycles. The Morgan fingerprint density at radius 3 is 2.00 bits per heavy atom. The van der Waals surface area contributed by atoms with Crippen LogP contribution < -0.4 is 4.74 Å². The van der Waals surface area contributed by atoms with Crippen LogP contribution in [-0.2, 0) is 5.60 Å². The smallest absolute Gasteiger partial charge is 0.433 e. The maximum absolute atomic E-state index is 13.4. The summed E-state index contributed by atoms with van der Waals surface area (Å²) in [4.78, 5) is 0. The molecule has 0 saturated carbocycles. The van der Waals surface area contributed by atoms with Crippen molar-refractivity contribution in [1.82, 2.24) is 0 Å². The van der Waals surface area contributed by atoms with Gasteiger partial charge in [-0.3, -0.25) is 0 Å². The highest BCUT2D eigenvalue weighted by molar-refractivity contribution is 5.43. The van der Waals surface area contributed by atoms with Gasteiger partial charge in [-0.25, -0.2) is 0 Å². The van der Waals surface area contributed by atoms with Gasteiger partial charge in [-0.1, -0.05) is 35.7 Å². The number of alkyl halides is 3. The van der Waals surface area contributed by atoms with Crippen molar-refractivity contribution in [2.24, 2.45) is 0 Å². The van der Waals surface area contributed by atoms with E-state index in [-0.39, 0.29) is 5.56 Å². The van der Waals surface area contributed by atoms with E-state index in [1.165, 1.54) is 19.2 Å². The van der Waals surface area contributed by atoms with Crippen LogP contribution in [0.2, 0.25) is 0 Å². The number of benzene rings is 2. The van der Waals surface area contributed by atoms with Gasteiger partial charge < -0.3 is 9.84 Å². The average Bonchev–Trinajstić information content (AvgIpc) is 2.53. The summed E-state index contributed by atoms with van der Waals surface area (Å²) in [6.45, 7) is 1.86. The molecule has 0 amide bonds. The van der Waals surface area contributed by atoms with E-state index in [1.54, 1.807) is 24.3 Å². The molecular weight excluding hydrogens is 305 g/mol. The lowest BCUT2D eigenvalue weighted by atomic mass is 9.93. The van der Waals surface area contributed by atoms with Gasteiger partial charge in [0.2, 0.25) is 5.60 Å². The lowest BCUT2D eigenvalue weighted by Gasteiger charge is -2.25. The third-order valence-corrected chi connectivity index (χ3v) is 3.36. The quantitative estimate of drug-likeness (QED) is 0.853. The predicted octanol–water partition coefficient (Wildman–Crippen LogP) is 3.81. The Morgan fingerprint density at radius 1 is 0.957 bits per heavy atom. The molecular formula is C18H15F3O2. The van der Waals surface area contributed by atoms with Crippen molar-refractivity contribution in [3.63, 3.8) is 0 Å². The van der Waals surface area contributed by atoms with E-state index >= 15 is 0 Å². The first-order chi connectivity index (χ1) is 10.8. The predicted molar refractivity (Wildman–Crippen MR) is 81.0 cm³/mol. The zero-order valence-electron chi connectivity index (χ0n) is 12.6. The monoisotopic (exact) mass is 320 g/mol. The van der Waals surface area contributed by atoms with Gasteiger partial charge in [-0.15, -0.1) is 0 Å². The van der Waals surface area contributed by atoms with Crippen molar-refractivity contribution >= 4 is 0 Å². The minimum atomic E-state index is -4.93. The van der Waals surface area contributed by atoms with Crippen LogP contribution in [0.5, 0.6) is 5.75 Å². The van der Waals surface area contributed by atoms with E-state index in [0.29, 0.717) is 11.3 Å². The van der Waals surface area contributed by atoms with Crippen LogP contribution in [-0.4, -0.2) is 18.4 Å². The third-order valence-electron chi connectivity index (χ3n) is 3.36. The molecule has 0 aliphatic carbocycles. The standard InChI is InChI=1S/C18H15F3O2/c1-13-3-5-14(6-4-13)11-12-17(22,18(19,20)21)15-7-9-16(23-2)10-8-15/h3-10,22H,1-2H3. The molecule has 0 aliphatic heterocycles. The summed E-state index contributed by atoms with van der Waals surface area (Å²) in [6, 6.07) is 11.7. The zero-order valence-corrected chi connectivity index (χ0v) is 12.6. The van der Waals surface area contributed by atoms with Crippen molar-refractivity contribution in [2.45, 2.75) is 18.7 Å². The van der Waals surface area contributed by atoms with Crippen LogP contribution in [0.15, 0.2) is 48.5 Å². The van der Waals surface area contributed by atoms with E-state index < -0.39 is 11.8 Å². The van der Waals surface area contributed by atoms with E-state index in [9.17, 15) is 18.3 Å². The molecule has 0 aromatic heterocycles. The molecule has 0 spiro atoms. The van der Waals surface area contributed by atoms with Gasteiger partial charge in [0.05, 0.1) is 7.11 Å². The summed E-state index contributed by atoms with van der Waals surface area (Å²) in [5, 5.41) is 10.2. The number of ether oxygens (including phenoxy) is 1. The number of halogens is 3. The molecule has 23 heavy (non-hydrogen) atoms. The molecule has 2 nitrogen and oxygen atoms in total. The summed E-state index contributed by atoms with van der Waals surface area (Å²) >= 11 is 0. The van der Waals surface area contributed by atoms with Gasteiger partial charge in [0.25, 0.3) is 0 Å². The number of aryl methyl sites for hydroxylation is 1. The van der Waals surface area contributed by atoms with Crippen molar-refractivity contribution in [3.8, 4) is 17.6 Å². The number of hydrogen-bond acceptors (Lipinski definition) is 2. The van der Waals surface area contributed by atoms with Crippen molar-refractivity contribution < 1.29 is 23.0 Å². The first-order valence-corrected chi connectivity index (χ1v) is 6.80. The lowest BCUT2D eigenvalue weighted by Crippen LogP contribution is -2.41. The van der Waals surface area contributed by atoms with Crippen molar-refractivity contribution in [3.05, 3.63) is 65.2 Å². The van der Waals surface area contributed by atoms with E-state index in [0.717, 1.165) is 17.7 Å². The summed E-state index contributed by atoms with van der Waals surface area (Å²) in [5.41, 5.74) is -2.24. The second-order valence-electron chi connectivity index (χ2n) is 5.05. The van der Waals surface area contributed by atoms with Crippen molar-refractivity contribution in [2.75, 3.05) is 7.11 Å². The van der Waals surface area contributed by atoms with Crippen LogP contribution in [0.25, 0.3) is 0 Å². The second-order valence-corrected chi connectivity index (χ2v) is 5.05. The number of aliphatic hydroxyl groups is 1. The Kier molecular flexibility index (Phi) is 4.67. The fourth-order valence-corrected chi connectivity index (χ4v) is 1.94. The fourth-order valence-electron chi connectivity index (χ4n) is 1.94. The molecule has 5 heteroatoms. The first-order valence-electron chi connectivity index (χ1n) is 6.80. The highest BCUT2D eigenvalue weighted by Gasteiger charge is 2.54. The Bertz CT molecular complexity index is 722. The van der Waals surface area contributed by atoms with Crippen LogP contribution in [0.4, 0.5) is 13.2 Å². The van der Waals surface area contributed by atoms with Gasteiger partial charge >= 0.3 is 6.18 Å². The van der Waals surface area contributed by atoms with Crippen LogP contribution in [0.1, 0.15) is 16.7 Å². The van der Waals surface area contributed by atoms with E-state index in [2.05, 4.69) is 5.92 Å².